The van der Waals surface area contributed by atoms with Crippen LogP contribution in [-0.4, -0.2) is 22.3 Å². The van der Waals surface area contributed by atoms with Gasteiger partial charge in [0.05, 0.1) is 5.60 Å². The van der Waals surface area contributed by atoms with Gasteiger partial charge in [-0.3, -0.25) is 0 Å². The van der Waals surface area contributed by atoms with Gasteiger partial charge in [0.15, 0.2) is 0 Å². The third-order valence-electron chi connectivity index (χ3n) is 3.06. The van der Waals surface area contributed by atoms with Crippen LogP contribution in [0.1, 0.15) is 60.8 Å². The van der Waals surface area contributed by atoms with Crippen molar-refractivity contribution in [2.75, 3.05) is 0 Å². The molecule has 1 fully saturated rings. The highest BCUT2D eigenvalue weighted by Gasteiger charge is 2.39. The van der Waals surface area contributed by atoms with Crippen LogP contribution in [0.4, 0.5) is 0 Å². The van der Waals surface area contributed by atoms with Gasteiger partial charge >= 0.3 is 0 Å². The molecule has 0 amide bonds. The Morgan fingerprint density at radius 2 is 1.80 bits per heavy atom. The largest absolute Gasteiger partial charge is 0.390 e. The summed E-state index contributed by atoms with van der Waals surface area (Å²) in [5.41, 5.74) is 0.00347. The van der Waals surface area contributed by atoms with Gasteiger partial charge in [-0.05, 0) is 52.4 Å². The summed E-state index contributed by atoms with van der Waals surface area (Å²) in [5, 5.41) is 13.5. The van der Waals surface area contributed by atoms with Crippen molar-refractivity contribution < 1.29 is 5.11 Å². The van der Waals surface area contributed by atoms with E-state index >= 15 is 0 Å². The van der Waals surface area contributed by atoms with E-state index in [0.29, 0.717) is 11.5 Å². The van der Waals surface area contributed by atoms with Gasteiger partial charge < -0.3 is 10.4 Å². The highest BCUT2D eigenvalue weighted by atomic mass is 16.3. The predicted molar refractivity (Wildman–Crippen MR) is 64.9 cm³/mol. The molecule has 0 saturated carbocycles. The van der Waals surface area contributed by atoms with E-state index in [0.717, 1.165) is 12.8 Å². The van der Waals surface area contributed by atoms with Crippen LogP contribution in [0.15, 0.2) is 0 Å². The molecule has 1 atom stereocenters. The van der Waals surface area contributed by atoms with Gasteiger partial charge in [-0.25, -0.2) is 0 Å². The molecule has 1 aliphatic rings. The van der Waals surface area contributed by atoms with Crippen LogP contribution in [0, 0.1) is 5.41 Å². The first-order chi connectivity index (χ1) is 6.49. The van der Waals surface area contributed by atoms with Gasteiger partial charge in [-0.15, -0.1) is 0 Å². The van der Waals surface area contributed by atoms with Crippen LogP contribution >= 0.6 is 0 Å². The SMILES string of the molecule is CC(C)(O)CC1CC(C)(C)CC(C)(C)N1. The molecule has 0 aromatic rings. The fourth-order valence-corrected chi connectivity index (χ4v) is 3.32. The van der Waals surface area contributed by atoms with Crippen molar-refractivity contribution in [2.45, 2.75) is 78.0 Å². The maximum atomic E-state index is 9.87. The molecule has 0 spiro atoms. The van der Waals surface area contributed by atoms with Gasteiger partial charge in [0.25, 0.3) is 0 Å². The predicted octanol–water partition coefficient (Wildman–Crippen LogP) is 2.70. The Morgan fingerprint density at radius 1 is 1.27 bits per heavy atom. The second-order valence-corrected chi connectivity index (χ2v) is 7.29. The zero-order valence-electron chi connectivity index (χ0n) is 11.1. The van der Waals surface area contributed by atoms with Crippen molar-refractivity contribution in [1.82, 2.24) is 5.32 Å². The van der Waals surface area contributed by atoms with Gasteiger partial charge in [-0.2, -0.15) is 0 Å². The van der Waals surface area contributed by atoms with Crippen LogP contribution in [0.2, 0.25) is 0 Å². The molecule has 0 aromatic heterocycles. The van der Waals surface area contributed by atoms with E-state index in [2.05, 4.69) is 33.0 Å². The second kappa shape index (κ2) is 3.74. The number of rotatable bonds is 2. The number of piperidine rings is 1. The van der Waals surface area contributed by atoms with E-state index in [-0.39, 0.29) is 5.54 Å². The topological polar surface area (TPSA) is 32.3 Å². The lowest BCUT2D eigenvalue weighted by Crippen LogP contribution is -2.56. The summed E-state index contributed by atoms with van der Waals surface area (Å²) in [6, 6.07) is 0.434. The lowest BCUT2D eigenvalue weighted by Gasteiger charge is -2.47. The van der Waals surface area contributed by atoms with Crippen molar-refractivity contribution in [3.05, 3.63) is 0 Å². The van der Waals surface area contributed by atoms with Gasteiger partial charge in [0, 0.05) is 11.6 Å². The molecule has 0 aromatic carbocycles. The highest BCUT2D eigenvalue weighted by Crippen LogP contribution is 2.38. The Hall–Kier alpha value is -0.0800. The van der Waals surface area contributed by atoms with Crippen LogP contribution in [0.5, 0.6) is 0 Å². The minimum atomic E-state index is -0.568. The molecule has 1 saturated heterocycles. The monoisotopic (exact) mass is 213 g/mol. The summed E-state index contributed by atoms with van der Waals surface area (Å²) in [5.74, 6) is 0. The smallest absolute Gasteiger partial charge is 0.0606 e. The van der Waals surface area contributed by atoms with E-state index in [1.807, 2.05) is 13.8 Å². The molecule has 15 heavy (non-hydrogen) atoms. The lowest BCUT2D eigenvalue weighted by atomic mass is 9.70. The van der Waals surface area contributed by atoms with Crippen molar-refractivity contribution in [2.24, 2.45) is 5.41 Å². The molecule has 0 aliphatic carbocycles. The molecule has 1 aliphatic heterocycles. The Labute approximate surface area is 94.5 Å². The van der Waals surface area contributed by atoms with Gasteiger partial charge in [0.1, 0.15) is 0 Å². The van der Waals surface area contributed by atoms with Crippen molar-refractivity contribution in [3.63, 3.8) is 0 Å². The molecule has 90 valence electrons. The Morgan fingerprint density at radius 3 is 2.20 bits per heavy atom. The standard InChI is InChI=1S/C13H27NO/c1-11(2)7-10(8-13(5,6)15)14-12(3,4)9-11/h10,14-15H,7-9H2,1-6H3. The van der Waals surface area contributed by atoms with E-state index < -0.39 is 5.60 Å². The van der Waals surface area contributed by atoms with Crippen LogP contribution in [-0.2, 0) is 0 Å². The van der Waals surface area contributed by atoms with E-state index in [1.165, 1.54) is 6.42 Å². The summed E-state index contributed by atoms with van der Waals surface area (Å²) >= 11 is 0. The number of hydrogen-bond acceptors (Lipinski definition) is 2. The van der Waals surface area contributed by atoms with Crippen LogP contribution in [0.3, 0.4) is 0 Å². The summed E-state index contributed by atoms with van der Waals surface area (Å²) in [4.78, 5) is 0. The van der Waals surface area contributed by atoms with E-state index in [9.17, 15) is 5.11 Å². The first-order valence-corrected chi connectivity index (χ1v) is 5.99. The molecule has 2 nitrogen and oxygen atoms in total. The normalized spacial score (nSPS) is 30.2. The average molecular weight is 213 g/mol. The quantitative estimate of drug-likeness (QED) is 0.739. The zero-order valence-corrected chi connectivity index (χ0v) is 11.1. The van der Waals surface area contributed by atoms with Crippen LogP contribution in [0.25, 0.3) is 0 Å². The number of nitrogens with one attached hydrogen (secondary N) is 1. The molecule has 1 heterocycles. The highest BCUT2D eigenvalue weighted by molar-refractivity contribution is 4.97. The van der Waals surface area contributed by atoms with Crippen LogP contribution < -0.4 is 5.32 Å². The third kappa shape index (κ3) is 4.52. The van der Waals surface area contributed by atoms with Gasteiger partial charge in [-0.1, -0.05) is 13.8 Å². The Balaban J connectivity index is 2.68. The first kappa shape index (κ1) is 13.0. The molecule has 2 heteroatoms. The second-order valence-electron chi connectivity index (χ2n) is 7.29. The zero-order chi connectivity index (χ0) is 11.9. The molecule has 0 radical (unpaired) electrons. The summed E-state index contributed by atoms with van der Waals surface area (Å²) in [7, 11) is 0. The third-order valence-corrected chi connectivity index (χ3v) is 3.06. The fourth-order valence-electron chi connectivity index (χ4n) is 3.32. The molecule has 0 bridgehead atoms. The fraction of sp³-hybridized carbons (Fsp3) is 1.00. The molecule has 1 rings (SSSR count). The molecular weight excluding hydrogens is 186 g/mol. The maximum Gasteiger partial charge on any atom is 0.0606 e. The Bertz CT molecular complexity index is 206. The lowest BCUT2D eigenvalue weighted by molar-refractivity contribution is 0.0280. The summed E-state index contributed by atoms with van der Waals surface area (Å²) < 4.78 is 0. The van der Waals surface area contributed by atoms with Crippen molar-refractivity contribution in [3.8, 4) is 0 Å². The average Bonchev–Trinajstić information content (AvgIpc) is 1.70. The first-order valence-electron chi connectivity index (χ1n) is 5.99. The van der Waals surface area contributed by atoms with E-state index in [1.54, 1.807) is 0 Å². The number of aliphatic hydroxyl groups is 1. The maximum absolute atomic E-state index is 9.87. The van der Waals surface area contributed by atoms with Crippen molar-refractivity contribution >= 4 is 0 Å². The summed E-state index contributed by atoms with van der Waals surface area (Å²) in [6.45, 7) is 12.9. The molecular formula is C13H27NO. The summed E-state index contributed by atoms with van der Waals surface area (Å²) in [6.07, 6.45) is 3.18. The van der Waals surface area contributed by atoms with Gasteiger partial charge in [0.2, 0.25) is 0 Å². The van der Waals surface area contributed by atoms with E-state index in [4.69, 9.17) is 0 Å². The molecule has 2 N–H and O–H groups in total. The van der Waals surface area contributed by atoms with Crippen molar-refractivity contribution in [1.29, 1.82) is 0 Å². The minimum Gasteiger partial charge on any atom is -0.390 e. The Kier molecular flexibility index (Phi) is 3.24. The molecule has 1 unspecified atom stereocenters. The minimum absolute atomic E-state index is 0.192. The number of hydrogen-bond donors (Lipinski definition) is 2.